The van der Waals surface area contributed by atoms with Crippen molar-refractivity contribution in [3.8, 4) is 0 Å². The fourth-order valence-electron chi connectivity index (χ4n) is 3.07. The van der Waals surface area contributed by atoms with E-state index in [-0.39, 0.29) is 24.3 Å². The highest BCUT2D eigenvalue weighted by Gasteiger charge is 2.14. The Hall–Kier alpha value is -4.19. The monoisotopic (exact) mass is 441 g/mol. The average molecular weight is 442 g/mol. The van der Waals surface area contributed by atoms with Crippen LogP contribution in [0.5, 0.6) is 0 Å². The molecule has 0 aliphatic carbocycles. The molecule has 33 heavy (non-hydrogen) atoms. The van der Waals surface area contributed by atoms with Crippen molar-refractivity contribution in [1.82, 2.24) is 10.6 Å². The van der Waals surface area contributed by atoms with E-state index in [0.717, 1.165) is 16.7 Å². The Morgan fingerprint density at radius 3 is 2.36 bits per heavy atom. The first-order chi connectivity index (χ1) is 15.9. The van der Waals surface area contributed by atoms with Crippen LogP contribution in [-0.2, 0) is 16.1 Å². The molecule has 6 nitrogen and oxygen atoms in total. The summed E-state index contributed by atoms with van der Waals surface area (Å²) < 4.78 is 0. The Bertz CT molecular complexity index is 1140. The summed E-state index contributed by atoms with van der Waals surface area (Å²) in [5, 5.41) is 8.32. The largest absolute Gasteiger partial charge is 0.350 e. The zero-order valence-electron chi connectivity index (χ0n) is 18.7. The van der Waals surface area contributed by atoms with Crippen LogP contribution in [0, 0.1) is 6.92 Å². The highest BCUT2D eigenvalue weighted by atomic mass is 16.2. The van der Waals surface area contributed by atoms with Crippen molar-refractivity contribution in [2.24, 2.45) is 0 Å². The van der Waals surface area contributed by atoms with Crippen LogP contribution < -0.4 is 16.0 Å². The van der Waals surface area contributed by atoms with Gasteiger partial charge < -0.3 is 16.0 Å². The van der Waals surface area contributed by atoms with E-state index in [9.17, 15) is 14.4 Å². The number of anilines is 1. The van der Waals surface area contributed by atoms with Crippen LogP contribution in [-0.4, -0.2) is 23.8 Å². The van der Waals surface area contributed by atoms with E-state index in [1.54, 1.807) is 37.3 Å². The lowest BCUT2D eigenvalue weighted by molar-refractivity contribution is -0.126. The van der Waals surface area contributed by atoms with E-state index in [4.69, 9.17) is 0 Å². The van der Waals surface area contributed by atoms with Crippen LogP contribution in [0.2, 0.25) is 0 Å². The molecule has 0 aromatic heterocycles. The molecule has 0 saturated carbocycles. The molecule has 168 valence electrons. The maximum absolute atomic E-state index is 12.4. The zero-order chi connectivity index (χ0) is 23.6. The van der Waals surface area contributed by atoms with E-state index >= 15 is 0 Å². The molecule has 3 aromatic carbocycles. The maximum atomic E-state index is 12.4. The molecule has 0 radical (unpaired) electrons. The van der Waals surface area contributed by atoms with E-state index in [2.05, 4.69) is 16.0 Å². The SMILES string of the molecule is Cc1ccc(C(=O)Nc2cccc(CNC(=O)C(C)NC(=O)C=Cc3ccccc3)c2)cc1. The van der Waals surface area contributed by atoms with E-state index in [1.165, 1.54) is 6.08 Å². The van der Waals surface area contributed by atoms with Gasteiger partial charge in [0.25, 0.3) is 5.91 Å². The third-order valence-corrected chi connectivity index (χ3v) is 4.94. The van der Waals surface area contributed by atoms with Gasteiger partial charge in [0.15, 0.2) is 0 Å². The van der Waals surface area contributed by atoms with Crippen molar-refractivity contribution in [2.75, 3.05) is 5.32 Å². The molecule has 0 bridgehead atoms. The molecule has 3 rings (SSSR count). The minimum atomic E-state index is -0.692. The molecule has 0 saturated heterocycles. The van der Waals surface area contributed by atoms with Crippen molar-refractivity contribution < 1.29 is 14.4 Å². The summed E-state index contributed by atoms with van der Waals surface area (Å²) in [7, 11) is 0. The van der Waals surface area contributed by atoms with Gasteiger partial charge in [-0.15, -0.1) is 0 Å². The first kappa shape index (κ1) is 23.5. The summed E-state index contributed by atoms with van der Waals surface area (Å²) in [6, 6.07) is 23.3. The second-order valence-corrected chi connectivity index (χ2v) is 7.71. The summed E-state index contributed by atoms with van der Waals surface area (Å²) >= 11 is 0. The Balaban J connectivity index is 1.49. The minimum absolute atomic E-state index is 0.198. The van der Waals surface area contributed by atoms with Gasteiger partial charge in [-0.25, -0.2) is 0 Å². The van der Waals surface area contributed by atoms with Gasteiger partial charge in [0, 0.05) is 23.9 Å². The summed E-state index contributed by atoms with van der Waals surface area (Å²) in [5.41, 5.74) is 4.03. The molecule has 3 aromatic rings. The van der Waals surface area contributed by atoms with Crippen LogP contribution in [0.3, 0.4) is 0 Å². The quantitative estimate of drug-likeness (QED) is 0.460. The van der Waals surface area contributed by atoms with Gasteiger partial charge in [-0.05, 0) is 55.3 Å². The summed E-state index contributed by atoms with van der Waals surface area (Å²) in [4.78, 5) is 36.9. The Morgan fingerprint density at radius 1 is 0.909 bits per heavy atom. The van der Waals surface area contributed by atoms with Crippen molar-refractivity contribution in [1.29, 1.82) is 0 Å². The lowest BCUT2D eigenvalue weighted by Crippen LogP contribution is -2.44. The molecule has 0 aliphatic rings. The number of aryl methyl sites for hydroxylation is 1. The number of carbonyl (C=O) groups is 3. The first-order valence-electron chi connectivity index (χ1n) is 10.7. The predicted molar refractivity (Wildman–Crippen MR) is 131 cm³/mol. The van der Waals surface area contributed by atoms with Crippen molar-refractivity contribution in [2.45, 2.75) is 26.4 Å². The standard InChI is InChI=1S/C27H27N3O3/c1-19-11-14-23(15-12-19)27(33)30-24-10-6-9-22(17-24)18-28-26(32)20(2)29-25(31)16-13-21-7-4-3-5-8-21/h3-17,20H,18H2,1-2H3,(H,28,32)(H,29,31)(H,30,33). The van der Waals surface area contributed by atoms with Crippen LogP contribution in [0.4, 0.5) is 5.69 Å². The third kappa shape index (κ3) is 7.47. The molecule has 3 N–H and O–H groups in total. The molecule has 0 fully saturated rings. The summed E-state index contributed by atoms with van der Waals surface area (Å²) in [5.74, 6) is -0.844. The molecule has 1 unspecified atom stereocenters. The lowest BCUT2D eigenvalue weighted by atomic mass is 10.1. The molecule has 1 atom stereocenters. The maximum Gasteiger partial charge on any atom is 0.255 e. The predicted octanol–water partition coefficient (Wildman–Crippen LogP) is 4.08. The van der Waals surface area contributed by atoms with Crippen molar-refractivity contribution in [3.63, 3.8) is 0 Å². The molecule has 3 amide bonds. The number of rotatable bonds is 8. The van der Waals surface area contributed by atoms with E-state index in [0.29, 0.717) is 11.3 Å². The van der Waals surface area contributed by atoms with Gasteiger partial charge >= 0.3 is 0 Å². The number of hydrogen-bond acceptors (Lipinski definition) is 3. The molecular weight excluding hydrogens is 414 g/mol. The van der Waals surface area contributed by atoms with Crippen LogP contribution in [0.15, 0.2) is 84.9 Å². The number of hydrogen-bond donors (Lipinski definition) is 3. The van der Waals surface area contributed by atoms with Crippen LogP contribution in [0.25, 0.3) is 6.08 Å². The average Bonchev–Trinajstić information content (AvgIpc) is 2.82. The highest BCUT2D eigenvalue weighted by Crippen LogP contribution is 2.13. The van der Waals surface area contributed by atoms with Gasteiger partial charge in [-0.3, -0.25) is 14.4 Å². The Labute approximate surface area is 193 Å². The number of amides is 3. The van der Waals surface area contributed by atoms with Gasteiger partial charge in [0.05, 0.1) is 0 Å². The van der Waals surface area contributed by atoms with Gasteiger partial charge in [0.1, 0.15) is 6.04 Å². The summed E-state index contributed by atoms with van der Waals surface area (Å²) in [6.07, 6.45) is 3.09. The van der Waals surface area contributed by atoms with Gasteiger partial charge in [-0.2, -0.15) is 0 Å². The lowest BCUT2D eigenvalue weighted by Gasteiger charge is -2.13. The van der Waals surface area contributed by atoms with Crippen LogP contribution >= 0.6 is 0 Å². The van der Waals surface area contributed by atoms with Gasteiger partial charge in [-0.1, -0.05) is 60.2 Å². The van der Waals surface area contributed by atoms with Crippen molar-refractivity contribution in [3.05, 3.63) is 107 Å². The number of benzene rings is 3. The first-order valence-corrected chi connectivity index (χ1v) is 10.7. The second kappa shape index (κ2) is 11.4. The normalized spacial score (nSPS) is 11.6. The Kier molecular flexibility index (Phi) is 8.13. The van der Waals surface area contributed by atoms with E-state index < -0.39 is 6.04 Å². The number of carbonyl (C=O) groups excluding carboxylic acids is 3. The smallest absolute Gasteiger partial charge is 0.255 e. The van der Waals surface area contributed by atoms with E-state index in [1.807, 2.05) is 61.5 Å². The zero-order valence-corrected chi connectivity index (χ0v) is 18.7. The highest BCUT2D eigenvalue weighted by molar-refractivity contribution is 6.04. The number of nitrogens with one attached hydrogen (secondary N) is 3. The third-order valence-electron chi connectivity index (χ3n) is 4.94. The molecule has 0 heterocycles. The fraction of sp³-hybridized carbons (Fsp3) is 0.148. The molecular formula is C27H27N3O3. The van der Waals surface area contributed by atoms with Gasteiger partial charge in [0.2, 0.25) is 11.8 Å². The fourth-order valence-corrected chi connectivity index (χ4v) is 3.07. The molecule has 0 aliphatic heterocycles. The molecule has 0 spiro atoms. The summed E-state index contributed by atoms with van der Waals surface area (Å²) in [6.45, 7) is 3.86. The Morgan fingerprint density at radius 2 is 1.64 bits per heavy atom. The van der Waals surface area contributed by atoms with Crippen molar-refractivity contribution >= 4 is 29.5 Å². The topological polar surface area (TPSA) is 87.3 Å². The second-order valence-electron chi connectivity index (χ2n) is 7.71. The van der Waals surface area contributed by atoms with Crippen LogP contribution in [0.1, 0.15) is 34.0 Å². The minimum Gasteiger partial charge on any atom is -0.350 e. The molecule has 6 heteroatoms.